The van der Waals surface area contributed by atoms with Gasteiger partial charge in [0.1, 0.15) is 47.1 Å². The first-order chi connectivity index (χ1) is 28.1. The van der Waals surface area contributed by atoms with E-state index in [-0.39, 0.29) is 37.8 Å². The van der Waals surface area contributed by atoms with Crippen LogP contribution in [-0.4, -0.2) is 74.6 Å². The summed E-state index contributed by atoms with van der Waals surface area (Å²) in [6, 6.07) is 35.0. The second-order valence-corrected chi connectivity index (χ2v) is 13.7. The van der Waals surface area contributed by atoms with Crippen molar-refractivity contribution in [1.82, 2.24) is 19.1 Å². The first-order valence-corrected chi connectivity index (χ1v) is 18.6. The number of benzene rings is 4. The van der Waals surface area contributed by atoms with Crippen LogP contribution in [0.15, 0.2) is 132 Å². The maximum absolute atomic E-state index is 13.8. The van der Waals surface area contributed by atoms with E-state index in [0.717, 1.165) is 16.7 Å². The van der Waals surface area contributed by atoms with E-state index in [2.05, 4.69) is 9.97 Å². The van der Waals surface area contributed by atoms with E-state index in [9.17, 15) is 24.8 Å². The molecule has 6 aromatic rings. The average molecular weight is 787 g/mol. The van der Waals surface area contributed by atoms with Gasteiger partial charge in [-0.05, 0) is 64.1 Å². The molecule has 7 rings (SSSR count). The number of imidazole rings is 1. The van der Waals surface area contributed by atoms with Gasteiger partial charge < -0.3 is 34.2 Å². The third-order valence-electron chi connectivity index (χ3n) is 10.3. The summed E-state index contributed by atoms with van der Waals surface area (Å²) < 4.78 is 26.8. The second kappa shape index (κ2) is 17.2. The van der Waals surface area contributed by atoms with Crippen molar-refractivity contribution in [1.29, 1.82) is 0 Å². The Labute approximate surface area is 333 Å². The topological polar surface area (TPSA) is 173 Å². The number of hydrogen-bond acceptors (Lipinski definition) is 11. The smallest absolute Gasteiger partial charge is 0.434 e. The minimum absolute atomic E-state index is 0.0461. The lowest BCUT2D eigenvalue weighted by atomic mass is 9.80. The number of aromatic nitrogens is 4. The van der Waals surface area contributed by atoms with Crippen LogP contribution in [0.3, 0.4) is 0 Å². The Balaban J connectivity index is 1.15. The van der Waals surface area contributed by atoms with Gasteiger partial charge in [0, 0.05) is 31.1 Å². The quantitative estimate of drug-likeness (QED) is 0.0797. The zero-order valence-corrected chi connectivity index (χ0v) is 32.1. The van der Waals surface area contributed by atoms with E-state index in [4.69, 9.17) is 18.9 Å². The number of carbonyl (C=O) groups is 1. The number of hydrogen-bond donors (Lipinski definition) is 1. The lowest BCUT2D eigenvalue weighted by molar-refractivity contribution is -0.396. The Morgan fingerprint density at radius 3 is 2.05 bits per heavy atom. The predicted octanol–water partition coefficient (Wildman–Crippen LogP) is 5.45. The minimum atomic E-state index is -1.16. The average Bonchev–Trinajstić information content (AvgIpc) is 3.82. The molecule has 1 aliphatic heterocycles. The molecule has 0 aliphatic carbocycles. The molecule has 15 nitrogen and oxygen atoms in total. The summed E-state index contributed by atoms with van der Waals surface area (Å²) in [5.41, 5.74) is 1.47. The van der Waals surface area contributed by atoms with Gasteiger partial charge in [0.05, 0.1) is 34.0 Å². The fraction of sp³-hybridized carbons (Fsp3) is 0.256. The first-order valence-electron chi connectivity index (χ1n) is 18.6. The highest BCUT2D eigenvalue weighted by Gasteiger charge is 2.42. The van der Waals surface area contributed by atoms with Gasteiger partial charge >= 0.3 is 11.6 Å². The summed E-state index contributed by atoms with van der Waals surface area (Å²) in [5.74, 6) is 0.691. The largest absolute Gasteiger partial charge is 0.497 e. The first kappa shape index (κ1) is 39.6. The van der Waals surface area contributed by atoms with Crippen LogP contribution in [0.4, 0.5) is 11.8 Å². The normalized spacial score (nSPS) is 16.5. The highest BCUT2D eigenvalue weighted by atomic mass is 16.6. The van der Waals surface area contributed by atoms with E-state index in [1.54, 1.807) is 44.6 Å². The zero-order chi connectivity index (χ0) is 40.8. The predicted molar refractivity (Wildman–Crippen MR) is 213 cm³/mol. The van der Waals surface area contributed by atoms with Crippen LogP contribution in [0.25, 0.3) is 0 Å². The van der Waals surface area contributed by atoms with Gasteiger partial charge in [-0.15, -0.1) is 0 Å². The number of carbonyl (C=O) groups excluding carboxylic acids is 1. The van der Waals surface area contributed by atoms with Gasteiger partial charge in [-0.3, -0.25) is 14.3 Å². The van der Waals surface area contributed by atoms with Crippen molar-refractivity contribution in [2.24, 2.45) is 7.05 Å². The molecule has 0 spiro atoms. The van der Waals surface area contributed by atoms with Crippen LogP contribution in [0.5, 0.6) is 11.5 Å². The van der Waals surface area contributed by atoms with Gasteiger partial charge in [-0.1, -0.05) is 77.8 Å². The molecular weight excluding hydrogens is 745 g/mol. The summed E-state index contributed by atoms with van der Waals surface area (Å²) in [5, 5.41) is 22.7. The Hall–Kier alpha value is -6.68. The van der Waals surface area contributed by atoms with Crippen molar-refractivity contribution in [3.05, 3.63) is 176 Å². The highest BCUT2D eigenvalue weighted by Crippen LogP contribution is 2.42. The molecule has 4 aromatic carbocycles. The van der Waals surface area contributed by atoms with Crippen LogP contribution in [0, 0.1) is 10.1 Å². The third kappa shape index (κ3) is 7.95. The summed E-state index contributed by atoms with van der Waals surface area (Å²) in [6.45, 7) is -0.0130. The standard InChI is InChI=1S/C43H42N6O9/c1-46-33(27-44-41(46)49(53)54)22-24-47(40(51)29-10-6-4-7-11-29)38-23-25-48(42(52)45-38)39-26-36(50)37(58-39)28-57-43(30-12-8-5-9-13-30,31-14-18-34(55-2)19-15-31)32-16-20-35(56-3)21-17-32/h4-21,23,25,27,36-37,39,50H,22,24,26,28H2,1-3H3/t36-,37+,39+/m0/s1. The van der Waals surface area contributed by atoms with E-state index in [0.29, 0.717) is 22.8 Å². The number of aliphatic hydroxyl groups is 1. The molecule has 2 aromatic heterocycles. The molecular formula is C43H42N6O9. The van der Waals surface area contributed by atoms with Crippen LogP contribution in [0.2, 0.25) is 0 Å². The lowest BCUT2D eigenvalue weighted by Gasteiger charge is -2.37. The van der Waals surface area contributed by atoms with Gasteiger partial charge in [-0.25, -0.2) is 9.36 Å². The molecule has 0 bridgehead atoms. The number of rotatable bonds is 15. The monoisotopic (exact) mass is 786 g/mol. The molecule has 1 aliphatic rings. The van der Waals surface area contributed by atoms with Crippen molar-refractivity contribution in [2.45, 2.75) is 36.9 Å². The van der Waals surface area contributed by atoms with Crippen molar-refractivity contribution in [2.75, 3.05) is 32.3 Å². The molecule has 298 valence electrons. The second-order valence-electron chi connectivity index (χ2n) is 13.7. The number of ether oxygens (including phenoxy) is 4. The van der Waals surface area contributed by atoms with Crippen molar-refractivity contribution in [3.8, 4) is 11.5 Å². The molecule has 1 saturated heterocycles. The lowest BCUT2D eigenvalue weighted by Crippen LogP contribution is -2.38. The van der Waals surface area contributed by atoms with Crippen LogP contribution < -0.4 is 20.1 Å². The molecule has 0 unspecified atom stereocenters. The minimum Gasteiger partial charge on any atom is -0.497 e. The van der Waals surface area contributed by atoms with Gasteiger partial charge in [0.15, 0.2) is 0 Å². The Kier molecular flexibility index (Phi) is 11.7. The van der Waals surface area contributed by atoms with Gasteiger partial charge in [0.2, 0.25) is 0 Å². The van der Waals surface area contributed by atoms with Crippen molar-refractivity contribution in [3.63, 3.8) is 0 Å². The Morgan fingerprint density at radius 1 is 0.914 bits per heavy atom. The number of anilines is 1. The number of nitro groups is 1. The molecule has 3 atom stereocenters. The van der Waals surface area contributed by atoms with E-state index < -0.39 is 40.6 Å². The summed E-state index contributed by atoms with van der Waals surface area (Å²) >= 11 is 0. The van der Waals surface area contributed by atoms with Crippen molar-refractivity contribution >= 4 is 17.7 Å². The third-order valence-corrected chi connectivity index (χ3v) is 10.3. The van der Waals surface area contributed by atoms with E-state index >= 15 is 0 Å². The molecule has 1 N–H and O–H groups in total. The molecule has 0 saturated carbocycles. The number of nitrogens with zero attached hydrogens (tertiary/aromatic N) is 6. The molecule has 3 heterocycles. The molecule has 1 amide bonds. The Morgan fingerprint density at radius 2 is 1.50 bits per heavy atom. The maximum Gasteiger partial charge on any atom is 0.434 e. The summed E-state index contributed by atoms with van der Waals surface area (Å²) in [7, 11) is 4.73. The van der Waals surface area contributed by atoms with E-state index in [1.807, 2.05) is 78.9 Å². The Bertz CT molecular complexity index is 2360. The molecule has 58 heavy (non-hydrogen) atoms. The SMILES string of the molecule is COc1ccc(C(OC[C@H]2O[C@@H](n3ccc(N(CCc4cnc([N+](=O)[O-])n4C)C(=O)c4ccccc4)nc3=O)C[C@@H]2O)(c2ccccc2)c2ccc(OC)cc2)cc1. The van der Waals surface area contributed by atoms with E-state index in [1.165, 1.54) is 39.5 Å². The number of aliphatic hydroxyl groups excluding tert-OH is 1. The zero-order valence-electron chi connectivity index (χ0n) is 32.1. The summed E-state index contributed by atoms with van der Waals surface area (Å²) in [4.78, 5) is 47.8. The van der Waals surface area contributed by atoms with Gasteiger partial charge in [0.25, 0.3) is 5.91 Å². The number of amides is 1. The maximum atomic E-state index is 13.8. The molecule has 15 heteroatoms. The van der Waals surface area contributed by atoms with Crippen LogP contribution >= 0.6 is 0 Å². The molecule has 1 fully saturated rings. The summed E-state index contributed by atoms with van der Waals surface area (Å²) in [6.07, 6.45) is 0.400. The highest BCUT2D eigenvalue weighted by molar-refractivity contribution is 6.05. The van der Waals surface area contributed by atoms with Crippen LogP contribution in [-0.2, 0) is 28.5 Å². The van der Waals surface area contributed by atoms with Crippen molar-refractivity contribution < 1.29 is 33.8 Å². The molecule has 0 radical (unpaired) electrons. The van der Waals surface area contributed by atoms with Crippen LogP contribution in [0.1, 0.15) is 45.4 Å². The number of methoxy groups -OCH3 is 2. The fourth-order valence-electron chi connectivity index (χ4n) is 7.21. The van der Waals surface area contributed by atoms with Gasteiger partial charge in [-0.2, -0.15) is 4.98 Å². The fourth-order valence-corrected chi connectivity index (χ4v) is 7.21.